The van der Waals surface area contributed by atoms with Gasteiger partial charge < -0.3 is 0 Å². The van der Waals surface area contributed by atoms with Crippen LogP contribution in [0.1, 0.15) is 18.1 Å². The molecule has 0 amide bonds. The Kier molecular flexibility index (Phi) is 4.66. The maximum Gasteiger partial charge on any atom is 0.261 e. The molecule has 0 heterocycles. The number of aryl methyl sites for hydroxylation is 1. The monoisotopic (exact) mass is 364 g/mol. The Bertz CT molecular complexity index is 811. The van der Waals surface area contributed by atoms with Gasteiger partial charge in [0.15, 0.2) is 0 Å². The lowest BCUT2D eigenvalue weighted by atomic mass is 10.1. The molecular weight excluding hydrogens is 352 g/mol. The summed E-state index contributed by atoms with van der Waals surface area (Å²) in [5.41, 5.74) is 1.75. The van der Waals surface area contributed by atoms with Crippen LogP contribution >= 0.6 is 15.9 Å². The lowest BCUT2D eigenvalue weighted by Gasteiger charge is -2.12. The van der Waals surface area contributed by atoms with Gasteiger partial charge in [-0.1, -0.05) is 28.9 Å². The first kappa shape index (κ1) is 15.5. The van der Waals surface area contributed by atoms with Crippen molar-refractivity contribution >= 4 is 31.6 Å². The van der Waals surface area contributed by atoms with Gasteiger partial charge >= 0.3 is 0 Å². The normalized spacial score (nSPS) is 10.9. The number of hydrogen-bond donors (Lipinski definition) is 1. The summed E-state index contributed by atoms with van der Waals surface area (Å²) in [7, 11) is -3.71. The first-order valence-electron chi connectivity index (χ1n) is 6.27. The fourth-order valence-corrected chi connectivity index (χ4v) is 3.45. The van der Waals surface area contributed by atoms with Crippen LogP contribution in [-0.4, -0.2) is 8.42 Å². The van der Waals surface area contributed by atoms with Crippen LogP contribution in [0.25, 0.3) is 0 Å². The number of anilines is 1. The van der Waals surface area contributed by atoms with E-state index in [1.165, 1.54) is 12.1 Å². The van der Waals surface area contributed by atoms with Crippen molar-refractivity contribution in [2.75, 3.05) is 4.72 Å². The highest BCUT2D eigenvalue weighted by Crippen LogP contribution is 2.24. The Morgan fingerprint density at radius 1 is 1.24 bits per heavy atom. The third kappa shape index (κ3) is 3.63. The van der Waals surface area contributed by atoms with Gasteiger partial charge in [-0.25, -0.2) is 8.42 Å². The van der Waals surface area contributed by atoms with Gasteiger partial charge in [0, 0.05) is 4.47 Å². The average Bonchev–Trinajstić information content (AvgIpc) is 2.49. The van der Waals surface area contributed by atoms with Crippen molar-refractivity contribution in [3.05, 3.63) is 58.1 Å². The van der Waals surface area contributed by atoms with Gasteiger partial charge in [-0.05, 0) is 48.4 Å². The molecule has 2 aromatic rings. The first-order valence-corrected chi connectivity index (χ1v) is 8.55. The highest BCUT2D eigenvalue weighted by atomic mass is 79.9. The zero-order chi connectivity index (χ0) is 15.5. The molecule has 0 aliphatic rings. The summed E-state index contributed by atoms with van der Waals surface area (Å²) >= 11 is 3.37. The molecule has 0 spiro atoms. The summed E-state index contributed by atoms with van der Waals surface area (Å²) in [4.78, 5) is 0.0755. The van der Waals surface area contributed by atoms with E-state index < -0.39 is 10.0 Å². The molecule has 108 valence electrons. The quantitative estimate of drug-likeness (QED) is 0.899. The number of nitrogens with zero attached hydrogens (tertiary/aromatic N) is 1. The molecule has 2 aromatic carbocycles. The lowest BCUT2D eigenvalue weighted by molar-refractivity contribution is 0.601. The van der Waals surface area contributed by atoms with Crippen molar-refractivity contribution in [3.8, 4) is 6.07 Å². The summed E-state index contributed by atoms with van der Waals surface area (Å²) in [5.74, 6) is 0. The summed E-state index contributed by atoms with van der Waals surface area (Å²) in [6.07, 6.45) is 0.704. The van der Waals surface area contributed by atoms with Crippen molar-refractivity contribution < 1.29 is 8.42 Å². The highest BCUT2D eigenvalue weighted by molar-refractivity contribution is 9.10. The van der Waals surface area contributed by atoms with Crippen LogP contribution < -0.4 is 4.72 Å². The molecule has 4 nitrogen and oxygen atoms in total. The molecule has 0 saturated heterocycles. The summed E-state index contributed by atoms with van der Waals surface area (Å²) < 4.78 is 28.3. The number of nitriles is 1. The van der Waals surface area contributed by atoms with E-state index in [-0.39, 0.29) is 4.90 Å². The van der Waals surface area contributed by atoms with Crippen LogP contribution in [-0.2, 0) is 16.4 Å². The summed E-state index contributed by atoms with van der Waals surface area (Å²) in [6, 6.07) is 13.2. The second kappa shape index (κ2) is 6.29. The number of nitrogens with one attached hydrogen (secondary N) is 1. The Balaban J connectivity index is 2.40. The molecule has 6 heteroatoms. The SMILES string of the molecule is CCc1cc(Br)ccc1NS(=O)(=O)c1cccc(C#N)c1. The van der Waals surface area contributed by atoms with E-state index in [4.69, 9.17) is 5.26 Å². The predicted octanol–water partition coefficient (Wildman–Crippen LogP) is 3.68. The molecule has 0 aromatic heterocycles. The molecule has 1 N–H and O–H groups in total. The maximum absolute atomic E-state index is 12.4. The zero-order valence-electron chi connectivity index (χ0n) is 11.3. The lowest BCUT2D eigenvalue weighted by Crippen LogP contribution is -2.14. The van der Waals surface area contributed by atoms with E-state index in [9.17, 15) is 8.42 Å². The maximum atomic E-state index is 12.4. The highest BCUT2D eigenvalue weighted by Gasteiger charge is 2.16. The molecule has 0 unspecified atom stereocenters. The van der Waals surface area contributed by atoms with Crippen molar-refractivity contribution in [3.63, 3.8) is 0 Å². The Labute approximate surface area is 132 Å². The Morgan fingerprint density at radius 3 is 2.67 bits per heavy atom. The number of rotatable bonds is 4. The fourth-order valence-electron chi connectivity index (χ4n) is 1.89. The summed E-state index contributed by atoms with van der Waals surface area (Å²) in [6.45, 7) is 1.95. The standard InChI is InChI=1S/C15H13BrN2O2S/c1-2-12-9-13(16)6-7-15(12)18-21(19,20)14-5-3-4-11(8-14)10-17/h3-9,18H,2H2,1H3. The molecule has 0 saturated carbocycles. The minimum absolute atomic E-state index is 0.0755. The van der Waals surface area contributed by atoms with Gasteiger partial charge in [0.2, 0.25) is 0 Å². The second-order valence-corrected chi connectivity index (χ2v) is 7.00. The van der Waals surface area contributed by atoms with Gasteiger partial charge in [0.25, 0.3) is 10.0 Å². The summed E-state index contributed by atoms with van der Waals surface area (Å²) in [5, 5.41) is 8.86. The Morgan fingerprint density at radius 2 is 2.00 bits per heavy atom. The molecular formula is C15H13BrN2O2S. The van der Waals surface area contributed by atoms with Crippen LogP contribution in [0.5, 0.6) is 0 Å². The predicted molar refractivity (Wildman–Crippen MR) is 85.5 cm³/mol. The topological polar surface area (TPSA) is 70.0 Å². The van der Waals surface area contributed by atoms with Gasteiger partial charge in [0.1, 0.15) is 0 Å². The van der Waals surface area contributed by atoms with E-state index in [0.29, 0.717) is 17.7 Å². The van der Waals surface area contributed by atoms with Crippen LogP contribution in [0, 0.1) is 11.3 Å². The van der Waals surface area contributed by atoms with Gasteiger partial charge in [-0.2, -0.15) is 5.26 Å². The minimum atomic E-state index is -3.71. The van der Waals surface area contributed by atoms with Crippen LogP contribution in [0.3, 0.4) is 0 Å². The molecule has 2 rings (SSSR count). The number of sulfonamides is 1. The molecule has 0 radical (unpaired) electrons. The van der Waals surface area contributed by atoms with Gasteiger partial charge in [-0.15, -0.1) is 0 Å². The number of halogens is 1. The molecule has 0 bridgehead atoms. The van der Waals surface area contributed by atoms with Crippen molar-refractivity contribution in [2.45, 2.75) is 18.2 Å². The van der Waals surface area contributed by atoms with Crippen LogP contribution in [0.4, 0.5) is 5.69 Å². The van der Waals surface area contributed by atoms with E-state index in [0.717, 1.165) is 10.0 Å². The third-order valence-corrected chi connectivity index (χ3v) is 4.82. The molecule has 0 atom stereocenters. The third-order valence-electron chi connectivity index (χ3n) is 2.97. The van der Waals surface area contributed by atoms with Crippen molar-refractivity contribution in [1.29, 1.82) is 5.26 Å². The number of benzene rings is 2. The van der Waals surface area contributed by atoms with Gasteiger partial charge in [0.05, 0.1) is 22.2 Å². The number of hydrogen-bond acceptors (Lipinski definition) is 3. The van der Waals surface area contributed by atoms with E-state index in [1.54, 1.807) is 24.3 Å². The van der Waals surface area contributed by atoms with Crippen LogP contribution in [0.15, 0.2) is 51.8 Å². The van der Waals surface area contributed by atoms with Crippen molar-refractivity contribution in [1.82, 2.24) is 0 Å². The molecule has 0 aliphatic heterocycles. The molecule has 0 fully saturated rings. The van der Waals surface area contributed by atoms with E-state index >= 15 is 0 Å². The average molecular weight is 365 g/mol. The van der Waals surface area contributed by atoms with Crippen LogP contribution in [0.2, 0.25) is 0 Å². The largest absolute Gasteiger partial charge is 0.279 e. The Hall–Kier alpha value is -1.84. The fraction of sp³-hybridized carbons (Fsp3) is 0.133. The second-order valence-electron chi connectivity index (χ2n) is 4.40. The van der Waals surface area contributed by atoms with Gasteiger partial charge in [-0.3, -0.25) is 4.72 Å². The zero-order valence-corrected chi connectivity index (χ0v) is 13.7. The van der Waals surface area contributed by atoms with E-state index in [1.807, 2.05) is 19.1 Å². The minimum Gasteiger partial charge on any atom is -0.279 e. The van der Waals surface area contributed by atoms with E-state index in [2.05, 4.69) is 20.7 Å². The van der Waals surface area contributed by atoms with Crippen molar-refractivity contribution in [2.24, 2.45) is 0 Å². The molecule has 0 aliphatic carbocycles. The molecule has 21 heavy (non-hydrogen) atoms. The smallest absolute Gasteiger partial charge is 0.261 e. The first-order chi connectivity index (χ1) is 9.96.